The first-order valence-electron chi connectivity index (χ1n) is 7.48. The van der Waals surface area contributed by atoms with Gasteiger partial charge in [0.1, 0.15) is 6.61 Å². The molecule has 1 aromatic carbocycles. The Kier molecular flexibility index (Phi) is 4.52. The number of pyridine rings is 1. The van der Waals surface area contributed by atoms with Crippen molar-refractivity contribution in [1.29, 1.82) is 0 Å². The Morgan fingerprint density at radius 3 is 2.65 bits per heavy atom. The number of carbonyl (C=O) groups is 1. The van der Waals surface area contributed by atoms with Crippen LogP contribution in [0.5, 0.6) is 0 Å². The van der Waals surface area contributed by atoms with E-state index in [-0.39, 0.29) is 24.8 Å². The molecule has 0 aliphatic heterocycles. The number of aromatic nitrogens is 3. The van der Waals surface area contributed by atoms with Gasteiger partial charge in [0.2, 0.25) is 0 Å². The molecule has 3 aromatic rings. The second-order valence-electron chi connectivity index (χ2n) is 5.14. The number of ether oxygens (including phenoxy) is 1. The summed E-state index contributed by atoms with van der Waals surface area (Å²) in [5, 5.41) is 4.18. The molecule has 0 amide bonds. The third kappa shape index (κ3) is 3.66. The molecule has 2 aromatic heterocycles. The number of rotatable bonds is 6. The van der Waals surface area contributed by atoms with Crippen LogP contribution in [-0.4, -0.2) is 26.8 Å². The van der Waals surface area contributed by atoms with E-state index in [9.17, 15) is 9.59 Å². The van der Waals surface area contributed by atoms with Crippen molar-refractivity contribution in [3.8, 4) is 0 Å². The van der Waals surface area contributed by atoms with Crippen LogP contribution < -0.4 is 5.69 Å². The van der Waals surface area contributed by atoms with E-state index in [2.05, 4.69) is 5.10 Å². The average molecular weight is 311 g/mol. The number of esters is 1. The summed E-state index contributed by atoms with van der Waals surface area (Å²) in [6, 6.07) is 15.1. The van der Waals surface area contributed by atoms with Crippen LogP contribution in [0.4, 0.5) is 0 Å². The molecule has 118 valence electrons. The Morgan fingerprint density at radius 1 is 1.09 bits per heavy atom. The van der Waals surface area contributed by atoms with E-state index in [0.29, 0.717) is 18.5 Å². The van der Waals surface area contributed by atoms with Gasteiger partial charge in [0.05, 0.1) is 6.54 Å². The van der Waals surface area contributed by atoms with Crippen LogP contribution in [0.25, 0.3) is 5.65 Å². The number of nitrogens with zero attached hydrogens (tertiary/aromatic N) is 3. The van der Waals surface area contributed by atoms with Gasteiger partial charge >= 0.3 is 11.7 Å². The lowest BCUT2D eigenvalue weighted by molar-refractivity contribution is -0.143. The van der Waals surface area contributed by atoms with E-state index in [4.69, 9.17) is 4.74 Å². The number of hydrogen-bond acceptors (Lipinski definition) is 4. The van der Waals surface area contributed by atoms with Crippen molar-refractivity contribution in [2.75, 3.05) is 6.61 Å². The summed E-state index contributed by atoms with van der Waals surface area (Å²) in [7, 11) is 0. The Labute approximate surface area is 132 Å². The zero-order valence-electron chi connectivity index (χ0n) is 12.6. The Balaban J connectivity index is 1.49. The maximum Gasteiger partial charge on any atom is 0.350 e. The second-order valence-corrected chi connectivity index (χ2v) is 5.14. The summed E-state index contributed by atoms with van der Waals surface area (Å²) in [4.78, 5) is 23.8. The Hall–Kier alpha value is -2.89. The van der Waals surface area contributed by atoms with Crippen LogP contribution >= 0.6 is 0 Å². The van der Waals surface area contributed by atoms with Crippen molar-refractivity contribution in [2.45, 2.75) is 19.4 Å². The SMILES string of the molecule is O=C(CCc1ccccc1)OCCn1nc2ccccn2c1=O. The molecule has 0 fully saturated rings. The zero-order valence-corrected chi connectivity index (χ0v) is 12.6. The summed E-state index contributed by atoms with van der Waals surface area (Å²) < 4.78 is 7.93. The van der Waals surface area contributed by atoms with E-state index in [0.717, 1.165) is 5.56 Å². The molecule has 23 heavy (non-hydrogen) atoms. The first-order valence-corrected chi connectivity index (χ1v) is 7.48. The van der Waals surface area contributed by atoms with E-state index >= 15 is 0 Å². The van der Waals surface area contributed by atoms with Crippen molar-refractivity contribution >= 4 is 11.6 Å². The van der Waals surface area contributed by atoms with Crippen LogP contribution in [0.15, 0.2) is 59.5 Å². The quantitative estimate of drug-likeness (QED) is 0.650. The predicted octanol–water partition coefficient (Wildman–Crippen LogP) is 1.67. The highest BCUT2D eigenvalue weighted by molar-refractivity contribution is 5.69. The minimum absolute atomic E-state index is 0.136. The van der Waals surface area contributed by atoms with E-state index in [1.807, 2.05) is 36.4 Å². The molecule has 0 aliphatic rings. The maximum atomic E-state index is 12.0. The standard InChI is InChI=1S/C17H17N3O3/c21-16(10-9-14-6-2-1-3-7-14)23-13-12-20-17(22)19-11-5-4-8-15(19)18-20/h1-8,11H,9-10,12-13H2. The molecule has 0 aliphatic carbocycles. The van der Waals surface area contributed by atoms with E-state index in [1.165, 1.54) is 9.08 Å². The molecule has 0 radical (unpaired) electrons. The van der Waals surface area contributed by atoms with Gasteiger partial charge in [-0.1, -0.05) is 36.4 Å². The van der Waals surface area contributed by atoms with Gasteiger partial charge in [-0.3, -0.25) is 9.20 Å². The van der Waals surface area contributed by atoms with Gasteiger partial charge < -0.3 is 4.74 Å². The largest absolute Gasteiger partial charge is 0.464 e. The molecule has 3 rings (SSSR count). The smallest absolute Gasteiger partial charge is 0.350 e. The molecule has 0 saturated heterocycles. The van der Waals surface area contributed by atoms with Gasteiger partial charge in [0.15, 0.2) is 5.65 Å². The van der Waals surface area contributed by atoms with Crippen molar-refractivity contribution < 1.29 is 9.53 Å². The molecular formula is C17H17N3O3. The molecule has 0 N–H and O–H groups in total. The second kappa shape index (κ2) is 6.91. The van der Waals surface area contributed by atoms with Crippen LogP contribution in [0, 0.1) is 0 Å². The van der Waals surface area contributed by atoms with E-state index in [1.54, 1.807) is 18.3 Å². The number of hydrogen-bond donors (Lipinski definition) is 0. The molecular weight excluding hydrogens is 294 g/mol. The van der Waals surface area contributed by atoms with Crippen molar-refractivity contribution in [1.82, 2.24) is 14.2 Å². The minimum atomic E-state index is -0.273. The summed E-state index contributed by atoms with van der Waals surface area (Å²) >= 11 is 0. The highest BCUT2D eigenvalue weighted by Gasteiger charge is 2.07. The van der Waals surface area contributed by atoms with E-state index < -0.39 is 0 Å². The summed E-state index contributed by atoms with van der Waals surface area (Å²) in [5.74, 6) is -0.273. The third-order valence-corrected chi connectivity index (χ3v) is 3.52. The van der Waals surface area contributed by atoms with Gasteiger partial charge in [-0.2, -0.15) is 0 Å². The predicted molar refractivity (Wildman–Crippen MR) is 85.2 cm³/mol. The zero-order chi connectivity index (χ0) is 16.1. The molecule has 0 saturated carbocycles. The first-order chi connectivity index (χ1) is 11.2. The number of fused-ring (bicyclic) bond motifs is 1. The van der Waals surface area contributed by atoms with Gasteiger partial charge in [0, 0.05) is 12.6 Å². The van der Waals surface area contributed by atoms with Crippen LogP contribution in [0.1, 0.15) is 12.0 Å². The number of benzene rings is 1. The summed E-state index contributed by atoms with van der Waals surface area (Å²) in [6.45, 7) is 0.384. The van der Waals surface area contributed by atoms with Crippen LogP contribution in [-0.2, 0) is 22.5 Å². The molecule has 6 nitrogen and oxygen atoms in total. The Morgan fingerprint density at radius 2 is 1.87 bits per heavy atom. The lowest BCUT2D eigenvalue weighted by Gasteiger charge is -2.04. The maximum absolute atomic E-state index is 12.0. The van der Waals surface area contributed by atoms with Crippen LogP contribution in [0.2, 0.25) is 0 Å². The molecule has 2 heterocycles. The fourth-order valence-corrected chi connectivity index (χ4v) is 2.32. The fourth-order valence-electron chi connectivity index (χ4n) is 2.32. The number of carbonyl (C=O) groups excluding carboxylic acids is 1. The normalized spacial score (nSPS) is 10.8. The highest BCUT2D eigenvalue weighted by Crippen LogP contribution is 2.03. The number of aryl methyl sites for hydroxylation is 1. The monoisotopic (exact) mass is 311 g/mol. The van der Waals surface area contributed by atoms with Gasteiger partial charge in [-0.15, -0.1) is 5.10 Å². The average Bonchev–Trinajstić information content (AvgIpc) is 2.91. The summed E-state index contributed by atoms with van der Waals surface area (Å²) in [6.07, 6.45) is 2.63. The minimum Gasteiger partial charge on any atom is -0.464 e. The summed E-state index contributed by atoms with van der Waals surface area (Å²) in [5.41, 5.74) is 1.44. The van der Waals surface area contributed by atoms with Gasteiger partial charge in [-0.05, 0) is 24.1 Å². The highest BCUT2D eigenvalue weighted by atomic mass is 16.5. The van der Waals surface area contributed by atoms with Crippen LogP contribution in [0.3, 0.4) is 0 Å². The van der Waals surface area contributed by atoms with Crippen molar-refractivity contribution in [3.05, 3.63) is 70.8 Å². The van der Waals surface area contributed by atoms with Crippen molar-refractivity contribution in [2.24, 2.45) is 0 Å². The molecule has 6 heteroatoms. The third-order valence-electron chi connectivity index (χ3n) is 3.52. The van der Waals surface area contributed by atoms with Gasteiger partial charge in [0.25, 0.3) is 0 Å². The fraction of sp³-hybridized carbons (Fsp3) is 0.235. The first kappa shape index (κ1) is 15.0. The topological polar surface area (TPSA) is 65.6 Å². The molecule has 0 unspecified atom stereocenters. The van der Waals surface area contributed by atoms with Crippen molar-refractivity contribution in [3.63, 3.8) is 0 Å². The molecule has 0 bridgehead atoms. The lowest BCUT2D eigenvalue weighted by Crippen LogP contribution is -2.24. The molecule has 0 spiro atoms. The Bertz CT molecular complexity index is 852. The van der Waals surface area contributed by atoms with Gasteiger partial charge in [-0.25, -0.2) is 9.48 Å². The molecule has 0 atom stereocenters. The lowest BCUT2D eigenvalue weighted by atomic mass is 10.1.